The van der Waals surface area contributed by atoms with Gasteiger partial charge < -0.3 is 10.2 Å². The zero-order chi connectivity index (χ0) is 14.7. The Morgan fingerprint density at radius 1 is 1.24 bits per heavy atom. The molecule has 1 aromatic rings. The Labute approximate surface area is 131 Å². The molecule has 1 saturated heterocycles. The average Bonchev–Trinajstić information content (AvgIpc) is 3.30. The van der Waals surface area contributed by atoms with Crippen LogP contribution in [0.25, 0.3) is 0 Å². The summed E-state index contributed by atoms with van der Waals surface area (Å²) >= 11 is 6.01. The summed E-state index contributed by atoms with van der Waals surface area (Å²) in [5.74, 6) is 0.925. The zero-order valence-corrected chi connectivity index (χ0v) is 13.1. The Balaban J connectivity index is 1.61. The first-order valence-corrected chi connectivity index (χ1v) is 8.35. The first-order valence-electron chi connectivity index (χ1n) is 7.97. The molecule has 0 unspecified atom stereocenters. The maximum absolute atomic E-state index is 12.6. The fourth-order valence-corrected chi connectivity index (χ4v) is 3.32. The number of nitrogens with one attached hydrogen (secondary N) is 1. The van der Waals surface area contributed by atoms with Crippen LogP contribution in [0.15, 0.2) is 24.3 Å². The fraction of sp³-hybridized carbons (Fsp3) is 0.588. The van der Waals surface area contributed by atoms with Crippen LogP contribution in [0.1, 0.15) is 31.2 Å². The molecule has 1 amide bonds. The minimum absolute atomic E-state index is 0.262. The van der Waals surface area contributed by atoms with Gasteiger partial charge in [-0.15, -0.1) is 0 Å². The normalized spacial score (nSPS) is 19.5. The molecular formula is C17H23ClN2O. The Morgan fingerprint density at radius 3 is 2.67 bits per heavy atom. The van der Waals surface area contributed by atoms with Gasteiger partial charge in [0.05, 0.1) is 6.42 Å². The molecule has 0 bridgehead atoms. The highest BCUT2D eigenvalue weighted by Crippen LogP contribution is 2.29. The number of amides is 1. The molecule has 1 N–H and O–H groups in total. The molecule has 2 aliphatic rings. The first kappa shape index (κ1) is 14.9. The molecule has 1 saturated carbocycles. The number of piperidine rings is 1. The van der Waals surface area contributed by atoms with Crippen LogP contribution in [-0.4, -0.2) is 36.5 Å². The lowest BCUT2D eigenvalue weighted by atomic mass is 9.97. The zero-order valence-electron chi connectivity index (χ0n) is 12.4. The minimum atomic E-state index is 0.262. The number of benzene rings is 1. The Bertz CT molecular complexity index is 495. The van der Waals surface area contributed by atoms with Gasteiger partial charge in [-0.1, -0.05) is 23.7 Å². The van der Waals surface area contributed by atoms with Crippen molar-refractivity contribution in [3.05, 3.63) is 34.9 Å². The molecular weight excluding hydrogens is 284 g/mol. The molecule has 114 valence electrons. The number of carbonyl (C=O) groups excluding carboxylic acids is 1. The number of nitrogens with zero attached hydrogens (tertiary/aromatic N) is 1. The van der Waals surface area contributed by atoms with Crippen molar-refractivity contribution in [2.45, 2.75) is 38.1 Å². The molecule has 2 fully saturated rings. The van der Waals surface area contributed by atoms with E-state index in [1.54, 1.807) is 0 Å². The fourth-order valence-electron chi connectivity index (χ4n) is 3.11. The molecule has 0 aromatic heterocycles. The van der Waals surface area contributed by atoms with Crippen LogP contribution < -0.4 is 5.32 Å². The van der Waals surface area contributed by atoms with Crippen LogP contribution in [-0.2, 0) is 11.2 Å². The molecule has 3 rings (SSSR count). The SMILES string of the molecule is O=C(Cc1cccc(Cl)c1)N(CC1CCNCC1)C1CC1. The molecule has 0 radical (unpaired) electrons. The largest absolute Gasteiger partial charge is 0.339 e. The number of hydrogen-bond donors (Lipinski definition) is 1. The molecule has 0 spiro atoms. The van der Waals surface area contributed by atoms with E-state index in [4.69, 9.17) is 11.6 Å². The molecule has 3 nitrogen and oxygen atoms in total. The predicted octanol–water partition coefficient (Wildman–Crippen LogP) is 2.87. The van der Waals surface area contributed by atoms with Gasteiger partial charge in [0.1, 0.15) is 0 Å². The van der Waals surface area contributed by atoms with Crippen molar-refractivity contribution in [3.8, 4) is 0 Å². The van der Waals surface area contributed by atoms with E-state index in [9.17, 15) is 4.79 Å². The van der Waals surface area contributed by atoms with Crippen molar-refractivity contribution < 1.29 is 4.79 Å². The van der Waals surface area contributed by atoms with Gasteiger partial charge in [-0.2, -0.15) is 0 Å². The Kier molecular flexibility index (Phi) is 4.81. The summed E-state index contributed by atoms with van der Waals surface area (Å²) < 4.78 is 0. The van der Waals surface area contributed by atoms with E-state index < -0.39 is 0 Å². The van der Waals surface area contributed by atoms with Crippen LogP contribution in [0.3, 0.4) is 0 Å². The summed E-state index contributed by atoms with van der Waals surface area (Å²) in [4.78, 5) is 14.8. The summed E-state index contributed by atoms with van der Waals surface area (Å²) in [6.07, 6.45) is 5.20. The van der Waals surface area contributed by atoms with Crippen molar-refractivity contribution in [3.63, 3.8) is 0 Å². The molecule has 4 heteroatoms. The molecule has 0 atom stereocenters. The minimum Gasteiger partial charge on any atom is -0.339 e. The Morgan fingerprint density at radius 2 is 2.00 bits per heavy atom. The number of halogens is 1. The quantitative estimate of drug-likeness (QED) is 0.907. The van der Waals surface area contributed by atoms with E-state index in [0.717, 1.165) is 25.2 Å². The van der Waals surface area contributed by atoms with Crippen LogP contribution in [0.4, 0.5) is 0 Å². The van der Waals surface area contributed by atoms with Crippen molar-refractivity contribution in [2.75, 3.05) is 19.6 Å². The van der Waals surface area contributed by atoms with Gasteiger partial charge in [-0.25, -0.2) is 0 Å². The summed E-state index contributed by atoms with van der Waals surface area (Å²) in [5, 5.41) is 4.10. The molecule has 1 aliphatic heterocycles. The third-order valence-electron chi connectivity index (χ3n) is 4.47. The molecule has 1 aromatic carbocycles. The van der Waals surface area contributed by atoms with E-state index in [-0.39, 0.29) is 5.91 Å². The van der Waals surface area contributed by atoms with Gasteiger partial charge in [0, 0.05) is 17.6 Å². The second-order valence-corrected chi connectivity index (χ2v) is 6.71. The summed E-state index contributed by atoms with van der Waals surface area (Å²) in [6.45, 7) is 3.11. The summed E-state index contributed by atoms with van der Waals surface area (Å²) in [5.41, 5.74) is 1.02. The van der Waals surface area contributed by atoms with E-state index in [1.165, 1.54) is 25.7 Å². The standard InChI is InChI=1S/C17H23ClN2O/c18-15-3-1-2-14(10-15)11-17(21)20(16-4-5-16)12-13-6-8-19-9-7-13/h1-3,10,13,16,19H,4-9,11-12H2. The highest BCUT2D eigenvalue weighted by Gasteiger charge is 2.34. The maximum Gasteiger partial charge on any atom is 0.227 e. The highest BCUT2D eigenvalue weighted by atomic mass is 35.5. The second-order valence-electron chi connectivity index (χ2n) is 6.28. The first-order chi connectivity index (χ1) is 10.2. The maximum atomic E-state index is 12.6. The lowest BCUT2D eigenvalue weighted by molar-refractivity contribution is -0.131. The van der Waals surface area contributed by atoms with Gasteiger partial charge in [0.2, 0.25) is 5.91 Å². The van der Waals surface area contributed by atoms with Gasteiger partial charge in [0.25, 0.3) is 0 Å². The molecule has 21 heavy (non-hydrogen) atoms. The number of rotatable bonds is 5. The summed E-state index contributed by atoms with van der Waals surface area (Å²) in [7, 11) is 0. The van der Waals surface area contributed by atoms with Crippen LogP contribution in [0.5, 0.6) is 0 Å². The van der Waals surface area contributed by atoms with Crippen molar-refractivity contribution in [1.82, 2.24) is 10.2 Å². The van der Waals surface area contributed by atoms with Crippen molar-refractivity contribution >= 4 is 17.5 Å². The van der Waals surface area contributed by atoms with Gasteiger partial charge >= 0.3 is 0 Å². The van der Waals surface area contributed by atoms with Crippen LogP contribution in [0.2, 0.25) is 5.02 Å². The smallest absolute Gasteiger partial charge is 0.227 e. The van der Waals surface area contributed by atoms with Crippen molar-refractivity contribution in [2.24, 2.45) is 5.92 Å². The monoisotopic (exact) mass is 306 g/mol. The predicted molar refractivity (Wildman–Crippen MR) is 85.5 cm³/mol. The topological polar surface area (TPSA) is 32.3 Å². The van der Waals surface area contributed by atoms with E-state index in [2.05, 4.69) is 10.2 Å². The van der Waals surface area contributed by atoms with E-state index in [1.807, 2.05) is 24.3 Å². The molecule has 1 heterocycles. The number of carbonyl (C=O) groups is 1. The number of hydrogen-bond acceptors (Lipinski definition) is 2. The highest BCUT2D eigenvalue weighted by molar-refractivity contribution is 6.30. The van der Waals surface area contributed by atoms with Gasteiger partial charge in [-0.05, 0) is 62.4 Å². The van der Waals surface area contributed by atoms with E-state index in [0.29, 0.717) is 23.4 Å². The lowest BCUT2D eigenvalue weighted by Gasteiger charge is -2.30. The van der Waals surface area contributed by atoms with Crippen LogP contribution in [0, 0.1) is 5.92 Å². The van der Waals surface area contributed by atoms with Crippen LogP contribution >= 0.6 is 11.6 Å². The van der Waals surface area contributed by atoms with Crippen molar-refractivity contribution in [1.29, 1.82) is 0 Å². The van der Waals surface area contributed by atoms with Gasteiger partial charge in [-0.3, -0.25) is 4.79 Å². The second kappa shape index (κ2) is 6.80. The molecule has 1 aliphatic carbocycles. The third-order valence-corrected chi connectivity index (χ3v) is 4.70. The van der Waals surface area contributed by atoms with Gasteiger partial charge in [0.15, 0.2) is 0 Å². The average molecular weight is 307 g/mol. The Hall–Kier alpha value is -1.06. The lowest BCUT2D eigenvalue weighted by Crippen LogP contribution is -2.41. The van der Waals surface area contributed by atoms with E-state index >= 15 is 0 Å². The summed E-state index contributed by atoms with van der Waals surface area (Å²) in [6, 6.07) is 8.14. The third kappa shape index (κ3) is 4.21.